The van der Waals surface area contributed by atoms with Gasteiger partial charge in [0.15, 0.2) is 0 Å². The number of benzene rings is 2. The first-order valence-corrected chi connectivity index (χ1v) is 6.66. The summed E-state index contributed by atoms with van der Waals surface area (Å²) in [6, 6.07) is 11.3. The van der Waals surface area contributed by atoms with Gasteiger partial charge in [-0.15, -0.1) is 11.3 Å². The van der Waals surface area contributed by atoms with Gasteiger partial charge in [0.2, 0.25) is 0 Å². The van der Waals surface area contributed by atoms with Crippen LogP contribution in [0, 0.1) is 5.82 Å². The molecule has 4 nitrogen and oxygen atoms in total. The van der Waals surface area contributed by atoms with E-state index < -0.39 is 0 Å². The molecule has 0 aliphatic rings. The van der Waals surface area contributed by atoms with Gasteiger partial charge < -0.3 is 0 Å². The highest BCUT2D eigenvalue weighted by Crippen LogP contribution is 2.30. The van der Waals surface area contributed by atoms with Gasteiger partial charge in [0.1, 0.15) is 10.8 Å². The molecule has 1 aromatic heterocycles. The number of hydrogen-bond donors (Lipinski definition) is 2. The molecule has 0 bridgehead atoms. The molecule has 0 atom stereocenters. The Bertz CT molecular complexity index is 783. The fourth-order valence-corrected chi connectivity index (χ4v) is 2.88. The maximum atomic E-state index is 12.9. The molecule has 2 aromatic carbocycles. The fourth-order valence-electron chi connectivity index (χ4n) is 1.87. The molecule has 6 heteroatoms. The SMILES string of the molecule is NNC(=O)c1ccc2nc(-c3ccc(F)cc3)sc2c1. The second kappa shape index (κ2) is 4.99. The second-order valence-corrected chi connectivity index (χ2v) is 5.21. The number of hydrazine groups is 1. The summed E-state index contributed by atoms with van der Waals surface area (Å²) >= 11 is 1.44. The summed E-state index contributed by atoms with van der Waals surface area (Å²) in [5, 5.41) is 0.783. The second-order valence-electron chi connectivity index (χ2n) is 4.18. The van der Waals surface area contributed by atoms with E-state index in [9.17, 15) is 9.18 Å². The van der Waals surface area contributed by atoms with Crippen LogP contribution in [0.3, 0.4) is 0 Å². The van der Waals surface area contributed by atoms with E-state index in [1.165, 1.54) is 23.5 Å². The van der Waals surface area contributed by atoms with Gasteiger partial charge in [-0.05, 0) is 42.5 Å². The molecule has 1 heterocycles. The lowest BCUT2D eigenvalue weighted by molar-refractivity contribution is 0.0954. The number of hydrogen-bond acceptors (Lipinski definition) is 4. The van der Waals surface area contributed by atoms with Crippen molar-refractivity contribution in [3.8, 4) is 10.6 Å². The topological polar surface area (TPSA) is 68.0 Å². The zero-order chi connectivity index (χ0) is 14.1. The van der Waals surface area contributed by atoms with E-state index in [-0.39, 0.29) is 11.7 Å². The first-order valence-electron chi connectivity index (χ1n) is 5.85. The number of nitrogens with zero attached hydrogens (tertiary/aromatic N) is 1. The standard InChI is InChI=1S/C14H10FN3OS/c15-10-4-1-8(2-5-10)14-17-11-6-3-9(13(19)18-16)7-12(11)20-14/h1-7H,16H2,(H,18,19). The molecule has 1 amide bonds. The van der Waals surface area contributed by atoms with Crippen LogP contribution in [0.2, 0.25) is 0 Å². The number of thiazole rings is 1. The van der Waals surface area contributed by atoms with Crippen LogP contribution in [-0.2, 0) is 0 Å². The number of carbonyl (C=O) groups is 1. The summed E-state index contributed by atoms with van der Waals surface area (Å²) in [7, 11) is 0. The highest BCUT2D eigenvalue weighted by atomic mass is 32.1. The molecule has 3 N–H and O–H groups in total. The Hall–Kier alpha value is -2.31. The minimum atomic E-state index is -0.344. The maximum absolute atomic E-state index is 12.9. The van der Waals surface area contributed by atoms with Crippen molar-refractivity contribution < 1.29 is 9.18 Å². The van der Waals surface area contributed by atoms with Crippen molar-refractivity contribution in [3.05, 3.63) is 53.8 Å². The third-order valence-electron chi connectivity index (χ3n) is 2.87. The molecule has 100 valence electrons. The van der Waals surface area contributed by atoms with Gasteiger partial charge in [-0.25, -0.2) is 15.2 Å². The number of nitrogen functional groups attached to an aromatic ring is 1. The predicted octanol–water partition coefficient (Wildman–Crippen LogP) is 2.71. The van der Waals surface area contributed by atoms with Gasteiger partial charge in [-0.3, -0.25) is 10.2 Å². The van der Waals surface area contributed by atoms with Crippen molar-refractivity contribution in [1.82, 2.24) is 10.4 Å². The van der Waals surface area contributed by atoms with Crippen LogP contribution >= 0.6 is 11.3 Å². The third-order valence-corrected chi connectivity index (χ3v) is 3.94. The molecule has 0 aliphatic heterocycles. The minimum absolute atomic E-state index is 0.281. The van der Waals surface area contributed by atoms with Crippen molar-refractivity contribution in [2.24, 2.45) is 5.84 Å². The summed E-state index contributed by atoms with van der Waals surface area (Å²) in [5.41, 5.74) is 4.21. The van der Waals surface area contributed by atoms with Crippen molar-refractivity contribution in [2.45, 2.75) is 0 Å². The zero-order valence-electron chi connectivity index (χ0n) is 10.3. The summed E-state index contributed by atoms with van der Waals surface area (Å²) in [6.45, 7) is 0. The Morgan fingerprint density at radius 3 is 2.65 bits per heavy atom. The van der Waals surface area contributed by atoms with Crippen LogP contribution in [0.4, 0.5) is 4.39 Å². The van der Waals surface area contributed by atoms with E-state index in [1.807, 2.05) is 0 Å². The first-order chi connectivity index (χ1) is 9.67. The van der Waals surface area contributed by atoms with Gasteiger partial charge in [-0.2, -0.15) is 0 Å². The summed E-state index contributed by atoms with van der Waals surface area (Å²) < 4.78 is 13.8. The molecule has 3 aromatic rings. The molecule has 0 fully saturated rings. The van der Waals surface area contributed by atoms with Crippen LogP contribution in [0.5, 0.6) is 0 Å². The lowest BCUT2D eigenvalue weighted by atomic mass is 10.2. The van der Waals surface area contributed by atoms with E-state index in [0.717, 1.165) is 20.8 Å². The average molecular weight is 287 g/mol. The van der Waals surface area contributed by atoms with Gasteiger partial charge >= 0.3 is 0 Å². The number of carbonyl (C=O) groups excluding carboxylic acids is 1. The van der Waals surface area contributed by atoms with Crippen molar-refractivity contribution in [3.63, 3.8) is 0 Å². The van der Waals surface area contributed by atoms with Gasteiger partial charge in [0.05, 0.1) is 10.2 Å². The first kappa shape index (κ1) is 12.7. The Morgan fingerprint density at radius 1 is 1.20 bits per heavy atom. The minimum Gasteiger partial charge on any atom is -0.290 e. The molecule has 3 rings (SSSR count). The fraction of sp³-hybridized carbons (Fsp3) is 0. The number of nitrogens with one attached hydrogen (secondary N) is 1. The molecule has 20 heavy (non-hydrogen) atoms. The molecular formula is C14H10FN3OS. The molecule has 0 radical (unpaired) electrons. The van der Waals surface area contributed by atoms with E-state index >= 15 is 0 Å². The van der Waals surface area contributed by atoms with Crippen LogP contribution in [0.15, 0.2) is 42.5 Å². The highest BCUT2D eigenvalue weighted by Gasteiger charge is 2.09. The van der Waals surface area contributed by atoms with Crippen LogP contribution in [0.1, 0.15) is 10.4 Å². The van der Waals surface area contributed by atoms with Gasteiger partial charge in [0.25, 0.3) is 5.91 Å². The number of nitrogens with two attached hydrogens (primary N) is 1. The van der Waals surface area contributed by atoms with Crippen LogP contribution in [-0.4, -0.2) is 10.9 Å². The Balaban J connectivity index is 2.06. The molecule has 0 aliphatic carbocycles. The molecule has 0 spiro atoms. The number of halogens is 1. The maximum Gasteiger partial charge on any atom is 0.265 e. The Labute approximate surface area is 118 Å². The lowest BCUT2D eigenvalue weighted by Gasteiger charge is -1.97. The zero-order valence-corrected chi connectivity index (χ0v) is 11.1. The van der Waals surface area contributed by atoms with Crippen LogP contribution in [0.25, 0.3) is 20.8 Å². The number of fused-ring (bicyclic) bond motifs is 1. The highest BCUT2D eigenvalue weighted by molar-refractivity contribution is 7.21. The summed E-state index contributed by atoms with van der Waals surface area (Å²) in [4.78, 5) is 15.9. The Kier molecular flexibility index (Phi) is 3.17. The third kappa shape index (κ3) is 2.26. The monoisotopic (exact) mass is 287 g/mol. The van der Waals surface area contributed by atoms with Gasteiger partial charge in [-0.1, -0.05) is 0 Å². The number of aromatic nitrogens is 1. The number of amides is 1. The van der Waals surface area contributed by atoms with Crippen molar-refractivity contribution >= 4 is 27.5 Å². The Morgan fingerprint density at radius 2 is 1.95 bits per heavy atom. The molecule has 0 saturated carbocycles. The predicted molar refractivity (Wildman–Crippen MR) is 76.7 cm³/mol. The van der Waals surface area contributed by atoms with E-state index in [4.69, 9.17) is 5.84 Å². The van der Waals surface area contributed by atoms with Gasteiger partial charge in [0, 0.05) is 11.1 Å². The normalized spacial score (nSPS) is 10.7. The van der Waals surface area contributed by atoms with E-state index in [1.54, 1.807) is 30.3 Å². The van der Waals surface area contributed by atoms with Crippen molar-refractivity contribution in [2.75, 3.05) is 0 Å². The van der Waals surface area contributed by atoms with E-state index in [2.05, 4.69) is 10.4 Å². The van der Waals surface area contributed by atoms with Crippen molar-refractivity contribution in [1.29, 1.82) is 0 Å². The number of rotatable bonds is 2. The summed E-state index contributed by atoms with van der Waals surface area (Å²) in [5.74, 6) is 4.49. The largest absolute Gasteiger partial charge is 0.290 e. The molecular weight excluding hydrogens is 277 g/mol. The average Bonchev–Trinajstić information content (AvgIpc) is 2.90. The molecule has 0 saturated heterocycles. The quantitative estimate of drug-likeness (QED) is 0.432. The smallest absolute Gasteiger partial charge is 0.265 e. The van der Waals surface area contributed by atoms with E-state index in [0.29, 0.717) is 5.56 Å². The van der Waals surface area contributed by atoms with Crippen LogP contribution < -0.4 is 11.3 Å². The summed E-state index contributed by atoms with van der Waals surface area (Å²) in [6.07, 6.45) is 0. The lowest BCUT2D eigenvalue weighted by Crippen LogP contribution is -2.29. The molecule has 0 unspecified atom stereocenters.